The summed E-state index contributed by atoms with van der Waals surface area (Å²) in [5.41, 5.74) is 4.05. The average molecular weight is 381 g/mol. The standard InChI is InChI=1S/C26H34S/c1-7-21-15-11-13-17-23(21)19-25(5,9-3)27-26(6,10-4)20-24-18-14-12-16-22(24)8-2/h7-8,11-18H,1-2,9-10,19-20H2,3-6H3/i19D,20D. The van der Waals surface area contributed by atoms with E-state index in [1.807, 2.05) is 60.7 Å². The molecule has 2 aromatic carbocycles. The molecule has 0 aliphatic carbocycles. The number of hydrogen-bond acceptors (Lipinski definition) is 1. The van der Waals surface area contributed by atoms with E-state index in [-0.39, 0.29) is 9.49 Å². The third-order valence-electron chi connectivity index (χ3n) is 5.22. The van der Waals surface area contributed by atoms with Crippen molar-refractivity contribution in [2.45, 2.75) is 62.8 Å². The van der Waals surface area contributed by atoms with E-state index in [1.54, 1.807) is 11.8 Å². The molecule has 0 amide bonds. The fraction of sp³-hybridized carbons (Fsp3) is 0.385. The summed E-state index contributed by atoms with van der Waals surface area (Å²) >= 11 is 1.80. The summed E-state index contributed by atoms with van der Waals surface area (Å²) in [4.78, 5) is 0. The Morgan fingerprint density at radius 3 is 1.52 bits per heavy atom. The maximum Gasteiger partial charge on any atom is 0.0330 e. The molecule has 0 bridgehead atoms. The molecule has 0 spiro atoms. The zero-order chi connectivity index (χ0) is 21.7. The summed E-state index contributed by atoms with van der Waals surface area (Å²) in [5.74, 6) is 0. The largest absolute Gasteiger partial charge is 0.148 e. The van der Waals surface area contributed by atoms with Crippen molar-refractivity contribution in [1.29, 1.82) is 0 Å². The third-order valence-corrected chi connectivity index (χ3v) is 6.97. The van der Waals surface area contributed by atoms with Crippen molar-refractivity contribution in [3.63, 3.8) is 0 Å². The lowest BCUT2D eigenvalue weighted by atomic mass is 9.93. The second-order valence-electron chi connectivity index (χ2n) is 7.39. The van der Waals surface area contributed by atoms with Crippen LogP contribution >= 0.6 is 11.8 Å². The monoisotopic (exact) mass is 380 g/mol. The Bertz CT molecular complexity index is 777. The van der Waals surface area contributed by atoms with Crippen molar-refractivity contribution in [1.82, 2.24) is 0 Å². The first kappa shape index (κ1) is 18.6. The third kappa shape index (κ3) is 5.62. The van der Waals surface area contributed by atoms with Crippen LogP contribution in [-0.2, 0) is 12.8 Å². The summed E-state index contributed by atoms with van der Waals surface area (Å²) in [6, 6.07) is 16.1. The van der Waals surface area contributed by atoms with Gasteiger partial charge in [-0.05, 0) is 47.9 Å². The Hall–Kier alpha value is -1.73. The highest BCUT2D eigenvalue weighted by Gasteiger charge is 2.34. The molecule has 0 fully saturated rings. The summed E-state index contributed by atoms with van der Waals surface area (Å²) < 4.78 is 17.6. The highest BCUT2D eigenvalue weighted by atomic mass is 32.2. The number of benzene rings is 2. The van der Waals surface area contributed by atoms with E-state index < -0.39 is 12.8 Å². The van der Waals surface area contributed by atoms with Gasteiger partial charge in [-0.25, -0.2) is 0 Å². The molecule has 0 heterocycles. The van der Waals surface area contributed by atoms with Crippen molar-refractivity contribution in [2.75, 3.05) is 0 Å². The summed E-state index contributed by atoms with van der Waals surface area (Å²) in [6.07, 6.45) is 4.57. The van der Waals surface area contributed by atoms with Gasteiger partial charge in [0.1, 0.15) is 0 Å². The molecular formula is C26H34S. The van der Waals surface area contributed by atoms with E-state index in [4.69, 9.17) is 2.74 Å². The quantitative estimate of drug-likeness (QED) is 0.404. The maximum atomic E-state index is 9.14. The Morgan fingerprint density at radius 1 is 0.815 bits per heavy atom. The second kappa shape index (κ2) is 9.46. The topological polar surface area (TPSA) is 0 Å². The molecule has 2 rings (SSSR count). The van der Waals surface area contributed by atoms with Crippen molar-refractivity contribution < 1.29 is 2.74 Å². The van der Waals surface area contributed by atoms with Crippen LogP contribution in [-0.4, -0.2) is 9.49 Å². The normalized spacial score (nSPS) is 19.0. The smallest absolute Gasteiger partial charge is 0.0330 e. The molecule has 0 aliphatic heterocycles. The minimum Gasteiger partial charge on any atom is -0.148 e. The SMILES string of the molecule is [2H]C(c1ccccc1C=C)C(C)(CC)SC(C)(CC)C([2H])c1ccccc1C=C. The van der Waals surface area contributed by atoms with Crippen LogP contribution in [0.2, 0.25) is 0 Å². The van der Waals surface area contributed by atoms with Crippen LogP contribution in [0.15, 0.2) is 61.7 Å². The van der Waals surface area contributed by atoms with E-state index >= 15 is 0 Å². The van der Waals surface area contributed by atoms with Crippen LogP contribution in [0.5, 0.6) is 0 Å². The molecule has 1 heteroatoms. The van der Waals surface area contributed by atoms with E-state index in [0.717, 1.165) is 35.1 Å². The van der Waals surface area contributed by atoms with Crippen LogP contribution in [0.1, 0.15) is 65.5 Å². The van der Waals surface area contributed by atoms with E-state index in [2.05, 4.69) is 40.9 Å². The first-order chi connectivity index (χ1) is 13.8. The van der Waals surface area contributed by atoms with Gasteiger partial charge in [0.2, 0.25) is 0 Å². The van der Waals surface area contributed by atoms with Crippen molar-refractivity contribution in [3.8, 4) is 0 Å². The molecule has 0 nitrogen and oxygen atoms in total. The molecule has 144 valence electrons. The molecule has 0 saturated carbocycles. The summed E-state index contributed by atoms with van der Waals surface area (Å²) in [5, 5.41) is 0. The van der Waals surface area contributed by atoms with Gasteiger partial charge in [0.05, 0.1) is 0 Å². The fourth-order valence-corrected chi connectivity index (χ4v) is 4.98. The highest BCUT2D eigenvalue weighted by molar-refractivity contribution is 8.02. The zero-order valence-electron chi connectivity index (χ0n) is 19.2. The molecule has 0 radical (unpaired) electrons. The molecule has 0 aliphatic rings. The molecule has 4 atom stereocenters. The number of rotatable bonds is 10. The van der Waals surface area contributed by atoms with Crippen LogP contribution in [0.4, 0.5) is 0 Å². The summed E-state index contributed by atoms with van der Waals surface area (Å²) in [6.45, 7) is 16.5. The summed E-state index contributed by atoms with van der Waals surface area (Å²) in [7, 11) is 0. The van der Waals surface area contributed by atoms with Gasteiger partial charge in [0.15, 0.2) is 0 Å². The number of thioether (sulfide) groups is 1. The van der Waals surface area contributed by atoms with Gasteiger partial charge in [-0.3, -0.25) is 0 Å². The average Bonchev–Trinajstić information content (AvgIpc) is 2.77. The molecule has 4 unspecified atom stereocenters. The Balaban J connectivity index is 2.43. The molecule has 0 saturated heterocycles. The molecule has 0 N–H and O–H groups in total. The van der Waals surface area contributed by atoms with E-state index in [9.17, 15) is 0 Å². The Kier molecular flexibility index (Phi) is 6.53. The molecule has 27 heavy (non-hydrogen) atoms. The minimum absolute atomic E-state index is 0.327. The highest BCUT2D eigenvalue weighted by Crippen LogP contribution is 2.45. The van der Waals surface area contributed by atoms with E-state index in [0.29, 0.717) is 0 Å². The van der Waals surface area contributed by atoms with Crippen LogP contribution < -0.4 is 0 Å². The van der Waals surface area contributed by atoms with Gasteiger partial charge in [0, 0.05) is 12.2 Å². The fourth-order valence-electron chi connectivity index (χ4n) is 3.25. The molecule has 2 aromatic rings. The number of hydrogen-bond donors (Lipinski definition) is 0. The lowest BCUT2D eigenvalue weighted by Crippen LogP contribution is -2.34. The first-order valence-corrected chi connectivity index (χ1v) is 10.5. The van der Waals surface area contributed by atoms with Crippen LogP contribution in [0.3, 0.4) is 0 Å². The Labute approximate surface area is 173 Å². The molecular weight excluding hydrogens is 344 g/mol. The lowest BCUT2D eigenvalue weighted by molar-refractivity contribution is 0.566. The minimum atomic E-state index is -0.403. The lowest BCUT2D eigenvalue weighted by Gasteiger charge is -2.39. The van der Waals surface area contributed by atoms with Gasteiger partial charge in [0.25, 0.3) is 0 Å². The van der Waals surface area contributed by atoms with Gasteiger partial charge in [-0.1, -0.05) is 102 Å². The zero-order valence-corrected chi connectivity index (χ0v) is 18.0. The van der Waals surface area contributed by atoms with Crippen molar-refractivity contribution in [3.05, 3.63) is 83.9 Å². The van der Waals surface area contributed by atoms with Crippen LogP contribution in [0, 0.1) is 0 Å². The van der Waals surface area contributed by atoms with Gasteiger partial charge in [-0.15, -0.1) is 11.8 Å². The molecule has 0 aromatic heterocycles. The predicted octanol–water partition coefficient (Wildman–Crippen LogP) is 7.83. The van der Waals surface area contributed by atoms with Crippen LogP contribution in [0.25, 0.3) is 12.2 Å². The van der Waals surface area contributed by atoms with Crippen molar-refractivity contribution in [2.24, 2.45) is 0 Å². The predicted molar refractivity (Wildman–Crippen MR) is 125 cm³/mol. The Morgan fingerprint density at radius 2 is 1.19 bits per heavy atom. The first-order valence-electron chi connectivity index (χ1n) is 10.9. The van der Waals surface area contributed by atoms with Gasteiger partial charge < -0.3 is 0 Å². The maximum absolute atomic E-state index is 9.14. The van der Waals surface area contributed by atoms with E-state index in [1.165, 1.54) is 0 Å². The van der Waals surface area contributed by atoms with Crippen molar-refractivity contribution >= 4 is 23.9 Å². The second-order valence-corrected chi connectivity index (χ2v) is 9.46. The van der Waals surface area contributed by atoms with Gasteiger partial charge in [-0.2, -0.15) is 0 Å². The van der Waals surface area contributed by atoms with Gasteiger partial charge >= 0.3 is 0 Å².